The summed E-state index contributed by atoms with van der Waals surface area (Å²) < 4.78 is 40.1. The van der Waals surface area contributed by atoms with Crippen LogP contribution in [0.4, 0.5) is 19.0 Å². The lowest BCUT2D eigenvalue weighted by atomic mass is 9.83. The van der Waals surface area contributed by atoms with Crippen molar-refractivity contribution in [3.05, 3.63) is 52.7 Å². The van der Waals surface area contributed by atoms with E-state index in [2.05, 4.69) is 20.6 Å². The van der Waals surface area contributed by atoms with Gasteiger partial charge in [-0.05, 0) is 30.5 Å². The largest absolute Gasteiger partial charge is 0.416 e. The zero-order chi connectivity index (χ0) is 23.1. The smallest absolute Gasteiger partial charge is 0.368 e. The number of aryl methyl sites for hydroxylation is 1. The van der Waals surface area contributed by atoms with Crippen molar-refractivity contribution in [1.29, 1.82) is 0 Å². The topological polar surface area (TPSA) is 88.9 Å². The van der Waals surface area contributed by atoms with Gasteiger partial charge in [0.15, 0.2) is 0 Å². The predicted molar refractivity (Wildman–Crippen MR) is 114 cm³/mol. The Labute approximate surface area is 181 Å². The summed E-state index contributed by atoms with van der Waals surface area (Å²) in [5.74, 6) is 0.251. The Hall–Kier alpha value is -3.43. The molecule has 1 aromatic carbocycles. The first-order valence-corrected chi connectivity index (χ1v) is 10.2. The molecule has 7 nitrogen and oxygen atoms in total. The lowest BCUT2D eigenvalue weighted by Gasteiger charge is -2.25. The molecular formula is C22H22F3N5O2. The summed E-state index contributed by atoms with van der Waals surface area (Å²) in [5, 5.41) is 6.22. The number of carbonyl (C=O) groups excluding carboxylic acids is 1. The number of halogens is 3. The number of carbonyl (C=O) groups is 1. The Bertz CT molecular complexity index is 1240. The molecule has 1 fully saturated rings. The number of benzene rings is 1. The number of pyridine rings is 1. The SMILES string of the molecule is CCC1(CNc2ncc(-c3ccc(C(F)(F)F)cc3)c3ncn(C)c(=O)c23)CCNC1=O. The zero-order valence-electron chi connectivity index (χ0n) is 17.6. The van der Waals surface area contributed by atoms with Crippen molar-refractivity contribution in [2.45, 2.75) is 25.9 Å². The van der Waals surface area contributed by atoms with Gasteiger partial charge in [-0.25, -0.2) is 9.97 Å². The molecule has 4 rings (SSSR count). The average Bonchev–Trinajstić information content (AvgIpc) is 3.14. The molecule has 1 aliphatic heterocycles. The van der Waals surface area contributed by atoms with E-state index in [9.17, 15) is 22.8 Å². The molecule has 1 amide bonds. The summed E-state index contributed by atoms with van der Waals surface area (Å²) in [6.45, 7) is 2.83. The summed E-state index contributed by atoms with van der Waals surface area (Å²) in [6, 6.07) is 4.64. The number of anilines is 1. The monoisotopic (exact) mass is 445 g/mol. The number of hydrogen-bond donors (Lipinski definition) is 2. The van der Waals surface area contributed by atoms with Crippen molar-refractivity contribution in [1.82, 2.24) is 19.9 Å². The maximum absolute atomic E-state index is 12.9. The van der Waals surface area contributed by atoms with E-state index in [0.29, 0.717) is 42.6 Å². The molecule has 3 heterocycles. The number of nitrogens with zero attached hydrogens (tertiary/aromatic N) is 3. The first kappa shape index (κ1) is 21.8. The van der Waals surface area contributed by atoms with E-state index in [1.807, 2.05) is 6.92 Å². The number of nitrogens with one attached hydrogen (secondary N) is 2. The highest BCUT2D eigenvalue weighted by molar-refractivity contribution is 5.98. The highest BCUT2D eigenvalue weighted by atomic mass is 19.4. The third kappa shape index (κ3) is 3.69. The molecule has 2 aromatic heterocycles. The summed E-state index contributed by atoms with van der Waals surface area (Å²) in [4.78, 5) is 34.0. The fraction of sp³-hybridized carbons (Fsp3) is 0.364. The maximum Gasteiger partial charge on any atom is 0.416 e. The van der Waals surface area contributed by atoms with Gasteiger partial charge in [-0.15, -0.1) is 0 Å². The van der Waals surface area contributed by atoms with E-state index in [-0.39, 0.29) is 22.7 Å². The molecule has 0 spiro atoms. The highest BCUT2D eigenvalue weighted by Crippen LogP contribution is 2.34. The van der Waals surface area contributed by atoms with Crippen molar-refractivity contribution in [2.24, 2.45) is 12.5 Å². The number of rotatable bonds is 5. The summed E-state index contributed by atoms with van der Waals surface area (Å²) in [5.41, 5.74) is -0.468. The lowest BCUT2D eigenvalue weighted by Crippen LogP contribution is -2.37. The van der Waals surface area contributed by atoms with E-state index in [4.69, 9.17) is 0 Å². The molecule has 0 aliphatic carbocycles. The first-order valence-electron chi connectivity index (χ1n) is 10.2. The van der Waals surface area contributed by atoms with Crippen LogP contribution in [0.1, 0.15) is 25.3 Å². The molecule has 1 unspecified atom stereocenters. The van der Waals surface area contributed by atoms with E-state index < -0.39 is 17.2 Å². The molecule has 0 radical (unpaired) electrons. The third-order valence-corrected chi connectivity index (χ3v) is 6.11. The normalized spacial score (nSPS) is 18.7. The number of aromatic nitrogens is 3. The number of alkyl halides is 3. The van der Waals surface area contributed by atoms with Gasteiger partial charge in [0, 0.05) is 31.9 Å². The van der Waals surface area contributed by atoms with Gasteiger partial charge in [0.2, 0.25) is 5.91 Å². The van der Waals surface area contributed by atoms with Crippen LogP contribution in [0.3, 0.4) is 0 Å². The molecule has 1 saturated heterocycles. The van der Waals surface area contributed by atoms with E-state index >= 15 is 0 Å². The molecule has 2 N–H and O–H groups in total. The molecule has 1 aliphatic rings. The number of fused-ring (bicyclic) bond motifs is 1. The van der Waals surface area contributed by atoms with Crippen LogP contribution in [0.15, 0.2) is 41.6 Å². The Morgan fingerprint density at radius 3 is 2.50 bits per heavy atom. The van der Waals surface area contributed by atoms with Crippen LogP contribution in [0.2, 0.25) is 0 Å². The lowest BCUT2D eigenvalue weighted by molar-refractivity contribution is -0.137. The standard InChI is InChI=1S/C22H22F3N5O2/c1-3-21(8-9-26-20(21)32)11-28-18-16-17(29-12-30(2)19(16)31)15(10-27-18)13-4-6-14(7-5-13)22(23,24)25/h4-7,10,12H,3,8-9,11H2,1-2H3,(H,26,32)(H,27,28). The maximum atomic E-state index is 12.9. The van der Waals surface area contributed by atoms with Gasteiger partial charge in [0.1, 0.15) is 11.2 Å². The Morgan fingerprint density at radius 1 is 1.19 bits per heavy atom. The van der Waals surface area contributed by atoms with Crippen molar-refractivity contribution < 1.29 is 18.0 Å². The minimum atomic E-state index is -4.44. The minimum Gasteiger partial charge on any atom is -0.368 e. The Morgan fingerprint density at radius 2 is 1.91 bits per heavy atom. The van der Waals surface area contributed by atoms with Crippen molar-refractivity contribution in [3.63, 3.8) is 0 Å². The third-order valence-electron chi connectivity index (χ3n) is 6.11. The van der Waals surface area contributed by atoms with Crippen LogP contribution in [0.25, 0.3) is 22.0 Å². The molecule has 1 atom stereocenters. The summed E-state index contributed by atoms with van der Waals surface area (Å²) in [6.07, 6.45) is -0.299. The Balaban J connectivity index is 1.78. The Kier molecular flexibility index (Phi) is 5.39. The van der Waals surface area contributed by atoms with Gasteiger partial charge >= 0.3 is 6.18 Å². The zero-order valence-corrected chi connectivity index (χ0v) is 17.6. The van der Waals surface area contributed by atoms with Crippen molar-refractivity contribution >= 4 is 22.6 Å². The van der Waals surface area contributed by atoms with Gasteiger partial charge < -0.3 is 15.2 Å². The van der Waals surface area contributed by atoms with Crippen LogP contribution in [-0.2, 0) is 18.0 Å². The molecule has 0 saturated carbocycles. The van der Waals surface area contributed by atoms with Gasteiger partial charge in [0.05, 0.1) is 22.8 Å². The highest BCUT2D eigenvalue weighted by Gasteiger charge is 2.40. The molecule has 3 aromatic rings. The van der Waals surface area contributed by atoms with Crippen LogP contribution in [0.5, 0.6) is 0 Å². The van der Waals surface area contributed by atoms with Gasteiger partial charge in [-0.1, -0.05) is 19.1 Å². The molecular weight excluding hydrogens is 423 g/mol. The fourth-order valence-corrected chi connectivity index (χ4v) is 4.00. The fourth-order valence-electron chi connectivity index (χ4n) is 4.00. The van der Waals surface area contributed by atoms with Crippen LogP contribution < -0.4 is 16.2 Å². The van der Waals surface area contributed by atoms with E-state index in [1.165, 1.54) is 29.2 Å². The van der Waals surface area contributed by atoms with Gasteiger partial charge in [-0.2, -0.15) is 13.2 Å². The minimum absolute atomic E-state index is 0.0378. The van der Waals surface area contributed by atoms with E-state index in [0.717, 1.165) is 12.1 Å². The summed E-state index contributed by atoms with van der Waals surface area (Å²) >= 11 is 0. The molecule has 32 heavy (non-hydrogen) atoms. The van der Waals surface area contributed by atoms with Crippen LogP contribution in [0, 0.1) is 5.41 Å². The second-order valence-electron chi connectivity index (χ2n) is 7.97. The second-order valence-corrected chi connectivity index (χ2v) is 7.97. The average molecular weight is 445 g/mol. The van der Waals surface area contributed by atoms with Crippen LogP contribution in [-0.4, -0.2) is 33.5 Å². The van der Waals surface area contributed by atoms with Gasteiger partial charge in [-0.3, -0.25) is 9.59 Å². The second kappa shape index (κ2) is 7.92. The van der Waals surface area contributed by atoms with Crippen molar-refractivity contribution in [3.8, 4) is 11.1 Å². The first-order chi connectivity index (χ1) is 15.2. The number of hydrogen-bond acceptors (Lipinski definition) is 5. The molecule has 168 valence electrons. The predicted octanol–water partition coefficient (Wildman–Crippen LogP) is 3.34. The molecule has 0 bridgehead atoms. The molecule has 10 heteroatoms. The quantitative estimate of drug-likeness (QED) is 0.629. The van der Waals surface area contributed by atoms with Crippen molar-refractivity contribution in [2.75, 3.05) is 18.4 Å². The van der Waals surface area contributed by atoms with Gasteiger partial charge in [0.25, 0.3) is 5.56 Å². The number of amides is 1. The van der Waals surface area contributed by atoms with Crippen LogP contribution >= 0.6 is 0 Å². The summed E-state index contributed by atoms with van der Waals surface area (Å²) in [7, 11) is 1.56. The van der Waals surface area contributed by atoms with E-state index in [1.54, 1.807) is 7.05 Å².